The fraction of sp³-hybridized carbons (Fsp3) is 0.632. The zero-order chi connectivity index (χ0) is 21.7. The minimum absolute atomic E-state index is 0.0133. The third-order valence-electron chi connectivity index (χ3n) is 3.34. The Morgan fingerprint density at radius 3 is 2.32 bits per heavy atom. The Kier molecular flexibility index (Phi) is 12.2. The highest BCUT2D eigenvalue weighted by molar-refractivity contribution is 5.67. The molecule has 1 rings (SSSR count). The van der Waals surface area contributed by atoms with Crippen molar-refractivity contribution >= 4 is 6.09 Å². The molecule has 0 spiro atoms. The zero-order valence-corrected chi connectivity index (χ0v) is 16.9. The SMILES string of the molecule is CC.CC(C)c1ccc(F)cc1OCCOCCNC(=O)OC(C)C(F)(F)F. The molecule has 0 fully saturated rings. The van der Waals surface area contributed by atoms with Crippen LogP contribution >= 0.6 is 0 Å². The summed E-state index contributed by atoms with van der Waals surface area (Å²) in [5.74, 6) is 0.202. The van der Waals surface area contributed by atoms with Gasteiger partial charge in [-0.05, 0) is 24.5 Å². The molecular formula is C19H29F4NO4. The predicted octanol–water partition coefficient (Wildman–Crippen LogP) is 5.05. The Balaban J connectivity index is 0.00000352. The van der Waals surface area contributed by atoms with Crippen LogP contribution in [0.1, 0.15) is 46.1 Å². The summed E-state index contributed by atoms with van der Waals surface area (Å²) in [4.78, 5) is 11.2. The molecule has 162 valence electrons. The van der Waals surface area contributed by atoms with Crippen LogP contribution in [0.5, 0.6) is 5.75 Å². The third-order valence-corrected chi connectivity index (χ3v) is 3.34. The Morgan fingerprint density at radius 1 is 1.11 bits per heavy atom. The van der Waals surface area contributed by atoms with Crippen LogP contribution in [-0.2, 0) is 9.47 Å². The highest BCUT2D eigenvalue weighted by Gasteiger charge is 2.39. The van der Waals surface area contributed by atoms with Crippen molar-refractivity contribution in [3.63, 3.8) is 0 Å². The molecule has 0 aliphatic heterocycles. The fourth-order valence-corrected chi connectivity index (χ4v) is 1.92. The van der Waals surface area contributed by atoms with Crippen molar-refractivity contribution in [3.05, 3.63) is 29.6 Å². The topological polar surface area (TPSA) is 56.8 Å². The molecule has 1 aromatic rings. The van der Waals surface area contributed by atoms with Crippen LogP contribution in [0.2, 0.25) is 0 Å². The quantitative estimate of drug-likeness (QED) is 0.457. The number of amides is 1. The number of hydrogen-bond acceptors (Lipinski definition) is 4. The molecule has 0 aromatic heterocycles. The standard InChI is InChI=1S/C17H23F4NO4.C2H6/c1-11(2)14-5-4-13(18)10-15(14)25-9-8-24-7-6-22-16(23)26-12(3)17(19,20)21;1-2/h4-5,10-12H,6-9H2,1-3H3,(H,22,23);1-2H3. The zero-order valence-electron chi connectivity index (χ0n) is 16.9. The molecular weight excluding hydrogens is 382 g/mol. The molecule has 1 unspecified atom stereocenters. The summed E-state index contributed by atoms with van der Waals surface area (Å²) in [6.45, 7) is 9.05. The van der Waals surface area contributed by atoms with Gasteiger partial charge in [0.2, 0.25) is 0 Å². The first-order valence-electron chi connectivity index (χ1n) is 9.12. The summed E-state index contributed by atoms with van der Waals surface area (Å²) in [6.07, 6.45) is -7.95. The molecule has 0 bridgehead atoms. The number of carbonyl (C=O) groups is 1. The van der Waals surface area contributed by atoms with Crippen molar-refractivity contribution in [1.82, 2.24) is 5.32 Å². The van der Waals surface area contributed by atoms with Crippen LogP contribution < -0.4 is 10.1 Å². The van der Waals surface area contributed by atoms with E-state index in [0.29, 0.717) is 5.75 Å². The average molecular weight is 411 g/mol. The molecule has 1 N–H and O–H groups in total. The lowest BCUT2D eigenvalue weighted by Crippen LogP contribution is -2.36. The summed E-state index contributed by atoms with van der Waals surface area (Å²) in [6, 6.07) is 4.32. The molecule has 1 amide bonds. The lowest BCUT2D eigenvalue weighted by molar-refractivity contribution is -0.197. The molecule has 9 heteroatoms. The van der Waals surface area contributed by atoms with Gasteiger partial charge in [0.15, 0.2) is 6.10 Å². The van der Waals surface area contributed by atoms with Gasteiger partial charge >= 0.3 is 12.3 Å². The number of benzene rings is 1. The molecule has 0 saturated heterocycles. The number of carbonyl (C=O) groups excluding carboxylic acids is 1. The minimum Gasteiger partial charge on any atom is -0.491 e. The lowest BCUT2D eigenvalue weighted by atomic mass is 10.0. The summed E-state index contributed by atoms with van der Waals surface area (Å²) < 4.78 is 64.8. The van der Waals surface area contributed by atoms with E-state index >= 15 is 0 Å². The van der Waals surface area contributed by atoms with Gasteiger partial charge in [-0.3, -0.25) is 0 Å². The Bertz CT molecular complexity index is 580. The van der Waals surface area contributed by atoms with E-state index in [9.17, 15) is 22.4 Å². The smallest absolute Gasteiger partial charge is 0.425 e. The van der Waals surface area contributed by atoms with E-state index in [-0.39, 0.29) is 32.3 Å². The molecule has 1 atom stereocenters. The number of rotatable bonds is 9. The monoisotopic (exact) mass is 411 g/mol. The van der Waals surface area contributed by atoms with Gasteiger partial charge < -0.3 is 19.5 Å². The number of halogens is 4. The Labute approximate surface area is 163 Å². The van der Waals surface area contributed by atoms with Gasteiger partial charge in [-0.1, -0.05) is 33.8 Å². The van der Waals surface area contributed by atoms with Crippen molar-refractivity contribution in [1.29, 1.82) is 0 Å². The number of ether oxygens (including phenoxy) is 3. The van der Waals surface area contributed by atoms with Crippen molar-refractivity contribution in [3.8, 4) is 5.75 Å². The van der Waals surface area contributed by atoms with Crippen molar-refractivity contribution < 1.29 is 36.6 Å². The molecule has 0 saturated carbocycles. The number of hydrogen-bond donors (Lipinski definition) is 1. The van der Waals surface area contributed by atoms with Crippen molar-refractivity contribution in [2.24, 2.45) is 0 Å². The van der Waals surface area contributed by atoms with Crippen LogP contribution in [0.4, 0.5) is 22.4 Å². The molecule has 28 heavy (non-hydrogen) atoms. The van der Waals surface area contributed by atoms with Crippen molar-refractivity contribution in [2.45, 2.75) is 52.8 Å². The van der Waals surface area contributed by atoms with E-state index < -0.39 is 24.2 Å². The van der Waals surface area contributed by atoms with Crippen LogP contribution in [0.3, 0.4) is 0 Å². The number of alkyl halides is 3. The maximum absolute atomic E-state index is 13.3. The van der Waals surface area contributed by atoms with Crippen LogP contribution in [-0.4, -0.2) is 44.7 Å². The lowest BCUT2D eigenvalue weighted by Gasteiger charge is -2.16. The number of nitrogens with one attached hydrogen (secondary N) is 1. The average Bonchev–Trinajstić information content (AvgIpc) is 2.61. The normalized spacial score (nSPS) is 12.1. The molecule has 0 radical (unpaired) electrons. The summed E-state index contributed by atoms with van der Waals surface area (Å²) in [5.41, 5.74) is 0.870. The fourth-order valence-electron chi connectivity index (χ4n) is 1.92. The molecule has 0 heterocycles. The first-order chi connectivity index (χ1) is 13.1. The first kappa shape index (κ1) is 26.0. The number of alkyl carbamates (subject to hydrolysis) is 1. The van der Waals surface area contributed by atoms with E-state index in [1.165, 1.54) is 12.1 Å². The predicted molar refractivity (Wildman–Crippen MR) is 98.2 cm³/mol. The second kappa shape index (κ2) is 13.2. The first-order valence-corrected chi connectivity index (χ1v) is 9.12. The van der Waals surface area contributed by atoms with E-state index in [2.05, 4.69) is 10.1 Å². The van der Waals surface area contributed by atoms with E-state index in [1.54, 1.807) is 6.07 Å². The van der Waals surface area contributed by atoms with Gasteiger partial charge in [-0.15, -0.1) is 0 Å². The van der Waals surface area contributed by atoms with Gasteiger partial charge in [-0.25, -0.2) is 9.18 Å². The van der Waals surface area contributed by atoms with Gasteiger partial charge in [0.1, 0.15) is 18.2 Å². The second-order valence-electron chi connectivity index (χ2n) is 5.81. The Morgan fingerprint density at radius 2 is 1.75 bits per heavy atom. The third kappa shape index (κ3) is 10.3. The van der Waals surface area contributed by atoms with Crippen LogP contribution in [0.15, 0.2) is 18.2 Å². The highest BCUT2D eigenvalue weighted by atomic mass is 19.4. The van der Waals surface area contributed by atoms with Gasteiger partial charge in [0.05, 0.1) is 13.2 Å². The molecule has 0 aliphatic carbocycles. The summed E-state index contributed by atoms with van der Waals surface area (Å²) >= 11 is 0. The highest BCUT2D eigenvalue weighted by Crippen LogP contribution is 2.27. The largest absolute Gasteiger partial charge is 0.491 e. The van der Waals surface area contributed by atoms with Crippen molar-refractivity contribution in [2.75, 3.05) is 26.4 Å². The van der Waals surface area contributed by atoms with Gasteiger partial charge in [-0.2, -0.15) is 13.2 Å². The summed E-state index contributed by atoms with van der Waals surface area (Å²) in [7, 11) is 0. The minimum atomic E-state index is -4.60. The van der Waals surface area contributed by atoms with Crippen LogP contribution in [0.25, 0.3) is 0 Å². The summed E-state index contributed by atoms with van der Waals surface area (Å²) in [5, 5.41) is 2.15. The molecule has 0 aliphatic rings. The molecule has 1 aromatic carbocycles. The maximum atomic E-state index is 13.3. The van der Waals surface area contributed by atoms with Gasteiger partial charge in [0.25, 0.3) is 0 Å². The van der Waals surface area contributed by atoms with E-state index in [4.69, 9.17) is 9.47 Å². The Hall–Kier alpha value is -2.03. The van der Waals surface area contributed by atoms with Crippen LogP contribution in [0, 0.1) is 5.82 Å². The van der Waals surface area contributed by atoms with E-state index in [0.717, 1.165) is 12.5 Å². The maximum Gasteiger partial charge on any atom is 0.425 e. The van der Waals surface area contributed by atoms with E-state index in [1.807, 2.05) is 27.7 Å². The molecule has 5 nitrogen and oxygen atoms in total. The second-order valence-corrected chi connectivity index (χ2v) is 5.81. The van der Waals surface area contributed by atoms with Gasteiger partial charge in [0, 0.05) is 12.6 Å².